The summed E-state index contributed by atoms with van der Waals surface area (Å²) >= 11 is 0. The van der Waals surface area contributed by atoms with Gasteiger partial charge in [-0.05, 0) is 55.9 Å². The van der Waals surface area contributed by atoms with Crippen molar-refractivity contribution in [1.29, 1.82) is 0 Å². The van der Waals surface area contributed by atoms with Crippen molar-refractivity contribution in [2.75, 3.05) is 25.8 Å². The lowest BCUT2D eigenvalue weighted by Crippen LogP contribution is -2.34. The largest absolute Gasteiger partial charge is 0.303 e. The van der Waals surface area contributed by atoms with E-state index in [-0.39, 0.29) is 18.2 Å². The molecule has 3 nitrogen and oxygen atoms in total. The molecule has 4 heteroatoms. The summed E-state index contributed by atoms with van der Waals surface area (Å²) in [5.74, 6) is -0.402. The lowest BCUT2D eigenvalue weighted by Gasteiger charge is -2.32. The summed E-state index contributed by atoms with van der Waals surface area (Å²) in [6.45, 7) is 1.05. The number of likely N-dealkylation sites (tertiary alicyclic amines) is 1. The summed E-state index contributed by atoms with van der Waals surface area (Å²) < 4.78 is 72.3. The zero-order valence-electron chi connectivity index (χ0n) is 17.3. The van der Waals surface area contributed by atoms with Crippen molar-refractivity contribution >= 4 is 9.84 Å². The van der Waals surface area contributed by atoms with E-state index in [2.05, 4.69) is 0 Å². The predicted octanol–water partition coefficient (Wildman–Crippen LogP) is 2.68. The molecule has 0 saturated carbocycles. The Morgan fingerprint density at radius 2 is 2.32 bits per heavy atom. The van der Waals surface area contributed by atoms with Crippen molar-refractivity contribution in [3.05, 3.63) is 29.7 Å². The van der Waals surface area contributed by atoms with Crippen LogP contribution in [0, 0.1) is 0 Å². The van der Waals surface area contributed by atoms with E-state index in [0.29, 0.717) is 25.8 Å². The fourth-order valence-electron chi connectivity index (χ4n) is 2.31. The third kappa shape index (κ3) is 3.80. The van der Waals surface area contributed by atoms with E-state index in [9.17, 15) is 8.42 Å². The molecule has 19 heavy (non-hydrogen) atoms. The van der Waals surface area contributed by atoms with Crippen molar-refractivity contribution in [1.82, 2.24) is 4.90 Å². The van der Waals surface area contributed by atoms with Gasteiger partial charge in [-0.15, -0.1) is 0 Å². The zero-order valence-corrected chi connectivity index (χ0v) is 12.1. The Kier molecular flexibility index (Phi) is 2.68. The summed E-state index contributed by atoms with van der Waals surface area (Å²) in [6, 6.07) is -1.80. The van der Waals surface area contributed by atoms with Gasteiger partial charge in [0.1, 0.15) is 0 Å². The Labute approximate surface area is 125 Å². The molecular weight excluding hydrogens is 258 g/mol. The molecule has 0 aromatic heterocycles. The van der Waals surface area contributed by atoms with Crippen LogP contribution in [0.15, 0.2) is 29.1 Å². The molecule has 1 aliphatic heterocycles. The van der Waals surface area contributed by atoms with Crippen LogP contribution in [0.2, 0.25) is 0 Å². The number of hydrogen-bond donors (Lipinski definition) is 0. The maximum Gasteiger partial charge on any atom is 0.175 e. The summed E-state index contributed by atoms with van der Waals surface area (Å²) in [5, 5.41) is 0. The van der Waals surface area contributed by atoms with Crippen LogP contribution in [-0.2, 0) is 9.84 Å². The predicted molar refractivity (Wildman–Crippen MR) is 78.3 cm³/mol. The second-order valence-electron chi connectivity index (χ2n) is 4.81. The molecule has 106 valence electrons. The van der Waals surface area contributed by atoms with E-state index in [1.54, 1.807) is 11.8 Å². The van der Waals surface area contributed by atoms with E-state index in [1.165, 1.54) is 0 Å². The van der Waals surface area contributed by atoms with Gasteiger partial charge in [0.15, 0.2) is 9.84 Å². The molecular formula is C15H23NO2S. The van der Waals surface area contributed by atoms with Crippen LogP contribution < -0.4 is 0 Å². The minimum absolute atomic E-state index is 0.137. The summed E-state index contributed by atoms with van der Waals surface area (Å²) in [4.78, 5) is 1.14. The molecule has 1 aromatic carbocycles. The normalized spacial score (nSPS) is 26.7. The lowest BCUT2D eigenvalue weighted by molar-refractivity contribution is 0.208. The van der Waals surface area contributed by atoms with E-state index >= 15 is 0 Å². The maximum atomic E-state index is 12.0. The Morgan fingerprint density at radius 3 is 3.00 bits per heavy atom. The topological polar surface area (TPSA) is 37.4 Å². The smallest absolute Gasteiger partial charge is 0.175 e. The summed E-state index contributed by atoms with van der Waals surface area (Å²) in [6.07, 6.45) is 2.44. The highest BCUT2D eigenvalue weighted by Gasteiger charge is 2.21. The third-order valence-corrected chi connectivity index (χ3v) is 4.15. The summed E-state index contributed by atoms with van der Waals surface area (Å²) in [7, 11) is -3.88. The molecule has 0 radical (unpaired) electrons. The van der Waals surface area contributed by atoms with Crippen LogP contribution in [0.5, 0.6) is 0 Å². The summed E-state index contributed by atoms with van der Waals surface area (Å²) in [5.41, 5.74) is 0.137. The van der Waals surface area contributed by atoms with Crippen LogP contribution in [0.4, 0.5) is 0 Å². The van der Waals surface area contributed by atoms with Gasteiger partial charge in [-0.2, -0.15) is 0 Å². The van der Waals surface area contributed by atoms with Crippen molar-refractivity contribution in [2.24, 2.45) is 0 Å². The first kappa shape index (κ1) is 8.42. The minimum Gasteiger partial charge on any atom is -0.303 e. The highest BCUT2D eigenvalue weighted by Crippen LogP contribution is 2.28. The third-order valence-electron chi connectivity index (χ3n) is 3.20. The molecule has 1 aliphatic rings. The van der Waals surface area contributed by atoms with Gasteiger partial charge in [0.25, 0.3) is 0 Å². The molecule has 0 amide bonds. The number of piperidine rings is 1. The van der Waals surface area contributed by atoms with E-state index in [1.807, 2.05) is 0 Å². The van der Waals surface area contributed by atoms with E-state index in [0.717, 1.165) is 6.26 Å². The van der Waals surface area contributed by atoms with Gasteiger partial charge in [-0.25, -0.2) is 8.42 Å². The standard InChI is InChI=1S/C15H23NO2S/c1-3-9-16-10-5-7-14(12-16)13-6-4-8-15(11-13)19(2,17)18/h4,6,8,11,14H,3,5,7,9-10,12H2,1-2H3/t14-/m1/s1/i4D,6D,8D,9D2,11D. The quantitative estimate of drug-likeness (QED) is 0.854. The molecule has 0 N–H and O–H groups in total. The first-order valence-electron chi connectivity index (χ1n) is 9.47. The van der Waals surface area contributed by atoms with Gasteiger partial charge in [0, 0.05) is 15.5 Å². The highest BCUT2D eigenvalue weighted by atomic mass is 32.2. The van der Waals surface area contributed by atoms with Crippen LogP contribution in [0.1, 0.15) is 45.9 Å². The van der Waals surface area contributed by atoms with Crippen molar-refractivity contribution in [3.63, 3.8) is 0 Å². The highest BCUT2D eigenvalue weighted by molar-refractivity contribution is 7.90. The molecule has 0 spiro atoms. The molecule has 1 aromatic rings. The van der Waals surface area contributed by atoms with Gasteiger partial charge < -0.3 is 4.90 Å². The molecule has 1 saturated heterocycles. The molecule has 1 fully saturated rings. The zero-order chi connectivity index (χ0) is 19.2. The van der Waals surface area contributed by atoms with Gasteiger partial charge >= 0.3 is 0 Å². The lowest BCUT2D eigenvalue weighted by atomic mass is 9.90. The fraction of sp³-hybridized carbons (Fsp3) is 0.600. The van der Waals surface area contributed by atoms with E-state index < -0.39 is 45.3 Å². The number of sulfone groups is 1. The maximum absolute atomic E-state index is 12.0. The minimum atomic E-state index is -3.88. The first-order chi connectivity index (χ1) is 11.4. The first-order valence-corrected chi connectivity index (χ1v) is 8.36. The number of hydrogen-bond acceptors (Lipinski definition) is 3. The van der Waals surface area contributed by atoms with Gasteiger partial charge in [0.2, 0.25) is 0 Å². The van der Waals surface area contributed by atoms with Crippen LogP contribution in [-0.4, -0.2) is 39.2 Å². The monoisotopic (exact) mass is 287 g/mol. The Hall–Kier alpha value is -0.870. The second-order valence-corrected chi connectivity index (χ2v) is 6.76. The van der Waals surface area contributed by atoms with E-state index in [4.69, 9.17) is 8.22 Å². The number of nitrogens with zero attached hydrogens (tertiary/aromatic N) is 1. The van der Waals surface area contributed by atoms with Crippen molar-refractivity contribution in [2.45, 2.75) is 37.0 Å². The van der Waals surface area contributed by atoms with Gasteiger partial charge in [-0.3, -0.25) is 0 Å². The van der Waals surface area contributed by atoms with Gasteiger partial charge in [-0.1, -0.05) is 19.0 Å². The number of rotatable bonds is 4. The second kappa shape index (κ2) is 6.06. The Morgan fingerprint density at radius 1 is 1.53 bits per heavy atom. The fourth-order valence-corrected chi connectivity index (χ4v) is 2.84. The molecule has 1 heterocycles. The molecule has 0 unspecified atom stereocenters. The Balaban J connectivity index is 2.58. The Bertz CT molecular complexity index is 781. The van der Waals surface area contributed by atoms with Crippen molar-refractivity contribution < 1.29 is 16.6 Å². The van der Waals surface area contributed by atoms with Crippen LogP contribution in [0.25, 0.3) is 0 Å². The average molecular weight is 287 g/mol. The molecule has 1 atom stereocenters. The van der Waals surface area contributed by atoms with Crippen LogP contribution in [0.3, 0.4) is 0 Å². The van der Waals surface area contributed by atoms with Crippen molar-refractivity contribution in [3.8, 4) is 0 Å². The molecule has 0 aliphatic carbocycles. The molecule has 0 bridgehead atoms. The average Bonchev–Trinajstić information content (AvgIpc) is 2.52. The van der Waals surface area contributed by atoms with Gasteiger partial charge in [0.05, 0.1) is 10.4 Å². The van der Waals surface area contributed by atoms with Crippen LogP contribution >= 0.6 is 0 Å². The number of benzene rings is 1. The SMILES string of the molecule is [2H]c1c([2H])c([C@@H]2CCCN(C([2H])([2H])CC)C2)c([2H])c(S(C)(=O)=O)c1[2H]. The molecule has 2 rings (SSSR count).